The molecule has 0 aliphatic carbocycles. The average Bonchev–Trinajstić information content (AvgIpc) is 2.47. The fourth-order valence-corrected chi connectivity index (χ4v) is 3.00. The molecule has 0 radical (unpaired) electrons. The first kappa shape index (κ1) is 14.8. The Balaban J connectivity index is 1.74. The van der Waals surface area contributed by atoms with Crippen molar-refractivity contribution >= 4 is 10.8 Å². The first-order chi connectivity index (χ1) is 9.74. The Morgan fingerprint density at radius 2 is 1.60 bits per heavy atom. The Kier molecular flexibility index (Phi) is 5.77. The zero-order valence-electron chi connectivity index (χ0n) is 11.1. The summed E-state index contributed by atoms with van der Waals surface area (Å²) < 4.78 is 17.4. The van der Waals surface area contributed by atoms with Crippen molar-refractivity contribution in [3.63, 3.8) is 0 Å². The molecule has 0 saturated carbocycles. The Hall–Kier alpha value is -1.65. The molecule has 2 aromatic carbocycles. The van der Waals surface area contributed by atoms with Crippen LogP contribution in [0, 0.1) is 0 Å². The Morgan fingerprint density at radius 1 is 1.00 bits per heavy atom. The van der Waals surface area contributed by atoms with Crippen LogP contribution in [0.25, 0.3) is 0 Å². The zero-order valence-corrected chi connectivity index (χ0v) is 12.0. The molecule has 0 bridgehead atoms. The maximum Gasteiger partial charge on any atom is 0.119 e. The summed E-state index contributed by atoms with van der Waals surface area (Å²) in [5.41, 5.74) is 1.02. The van der Waals surface area contributed by atoms with Crippen LogP contribution in [0.4, 0.5) is 0 Å². The monoisotopic (exact) mass is 290 g/mol. The summed E-state index contributed by atoms with van der Waals surface area (Å²) in [5.74, 6) is 1.39. The Bertz CT molecular complexity index is 528. The summed E-state index contributed by atoms with van der Waals surface area (Å²) in [5, 5.41) is 9.84. The van der Waals surface area contributed by atoms with Gasteiger partial charge in [-0.2, -0.15) is 0 Å². The SMILES string of the molecule is O=[S@@](Cc1ccccc1)C[C@@H](O)COc1ccccc1. The zero-order chi connectivity index (χ0) is 14.2. The Labute approximate surface area is 121 Å². The van der Waals surface area contributed by atoms with E-state index in [-0.39, 0.29) is 12.4 Å². The third-order valence-corrected chi connectivity index (χ3v) is 4.15. The third kappa shape index (κ3) is 5.15. The van der Waals surface area contributed by atoms with Gasteiger partial charge in [-0.05, 0) is 17.7 Å². The van der Waals surface area contributed by atoms with Crippen LogP contribution in [0.3, 0.4) is 0 Å². The average molecular weight is 290 g/mol. The molecule has 0 fully saturated rings. The van der Waals surface area contributed by atoms with E-state index in [0.717, 1.165) is 5.56 Å². The lowest BCUT2D eigenvalue weighted by molar-refractivity contribution is 0.125. The van der Waals surface area contributed by atoms with Crippen LogP contribution in [0.1, 0.15) is 5.56 Å². The number of hydrogen-bond donors (Lipinski definition) is 1. The molecule has 0 aliphatic rings. The van der Waals surface area contributed by atoms with Crippen LogP contribution in [0.5, 0.6) is 5.75 Å². The highest BCUT2D eigenvalue weighted by molar-refractivity contribution is 7.84. The maximum absolute atomic E-state index is 11.9. The second-order valence-electron chi connectivity index (χ2n) is 4.51. The van der Waals surface area contributed by atoms with Crippen molar-refractivity contribution in [3.05, 3.63) is 66.2 Å². The summed E-state index contributed by atoms with van der Waals surface area (Å²) in [6.07, 6.45) is -0.722. The van der Waals surface area contributed by atoms with E-state index in [2.05, 4.69) is 0 Å². The number of hydrogen-bond acceptors (Lipinski definition) is 3. The smallest absolute Gasteiger partial charge is 0.119 e. The summed E-state index contributed by atoms with van der Waals surface area (Å²) in [6, 6.07) is 18.9. The van der Waals surface area contributed by atoms with Crippen molar-refractivity contribution in [3.8, 4) is 5.75 Å². The second kappa shape index (κ2) is 7.82. The van der Waals surface area contributed by atoms with Crippen molar-refractivity contribution in [2.45, 2.75) is 11.9 Å². The Morgan fingerprint density at radius 3 is 2.25 bits per heavy atom. The van der Waals surface area contributed by atoms with Gasteiger partial charge in [-0.25, -0.2) is 0 Å². The lowest BCUT2D eigenvalue weighted by Gasteiger charge is -2.12. The highest BCUT2D eigenvalue weighted by atomic mass is 32.2. The number of para-hydroxylation sites is 1. The van der Waals surface area contributed by atoms with Crippen LogP contribution < -0.4 is 4.74 Å². The number of rotatable bonds is 7. The molecule has 3 nitrogen and oxygen atoms in total. The molecule has 4 heteroatoms. The van der Waals surface area contributed by atoms with E-state index in [9.17, 15) is 9.32 Å². The molecule has 20 heavy (non-hydrogen) atoms. The van der Waals surface area contributed by atoms with Crippen molar-refractivity contribution < 1.29 is 14.1 Å². The number of ether oxygens (including phenoxy) is 1. The van der Waals surface area contributed by atoms with Gasteiger partial charge in [0.1, 0.15) is 12.4 Å². The minimum Gasteiger partial charge on any atom is -0.491 e. The van der Waals surface area contributed by atoms with Gasteiger partial charge in [0.2, 0.25) is 0 Å². The van der Waals surface area contributed by atoms with Crippen LogP contribution in [0.15, 0.2) is 60.7 Å². The molecule has 2 aromatic rings. The van der Waals surface area contributed by atoms with Crippen LogP contribution in [-0.2, 0) is 16.6 Å². The van der Waals surface area contributed by atoms with E-state index < -0.39 is 16.9 Å². The largest absolute Gasteiger partial charge is 0.491 e. The molecule has 2 rings (SSSR count). The minimum atomic E-state index is -1.09. The summed E-state index contributed by atoms with van der Waals surface area (Å²) in [7, 11) is -1.09. The summed E-state index contributed by atoms with van der Waals surface area (Å²) >= 11 is 0. The predicted octanol–water partition coefficient (Wildman–Crippen LogP) is 2.38. The normalized spacial score (nSPS) is 13.7. The second-order valence-corrected chi connectivity index (χ2v) is 6.02. The predicted molar refractivity (Wildman–Crippen MR) is 81.1 cm³/mol. The van der Waals surface area contributed by atoms with Gasteiger partial charge in [-0.1, -0.05) is 48.5 Å². The summed E-state index contributed by atoms with van der Waals surface area (Å²) in [4.78, 5) is 0. The van der Waals surface area contributed by atoms with Crippen LogP contribution >= 0.6 is 0 Å². The molecular weight excluding hydrogens is 272 g/mol. The topological polar surface area (TPSA) is 46.5 Å². The first-order valence-corrected chi connectivity index (χ1v) is 7.97. The molecule has 0 amide bonds. The van der Waals surface area contributed by atoms with Gasteiger partial charge in [0.25, 0.3) is 0 Å². The molecular formula is C16H18O3S. The van der Waals surface area contributed by atoms with Crippen molar-refractivity contribution in [2.24, 2.45) is 0 Å². The molecule has 0 aromatic heterocycles. The molecule has 0 heterocycles. The molecule has 2 atom stereocenters. The van der Waals surface area contributed by atoms with Gasteiger partial charge in [0, 0.05) is 16.6 Å². The quantitative estimate of drug-likeness (QED) is 0.851. The number of aliphatic hydroxyl groups is 1. The van der Waals surface area contributed by atoms with Crippen molar-refractivity contribution in [2.75, 3.05) is 12.4 Å². The first-order valence-electron chi connectivity index (χ1n) is 6.49. The van der Waals surface area contributed by atoms with Crippen molar-refractivity contribution in [1.29, 1.82) is 0 Å². The lowest BCUT2D eigenvalue weighted by Crippen LogP contribution is -2.24. The molecule has 0 unspecified atom stereocenters. The van der Waals surface area contributed by atoms with E-state index in [4.69, 9.17) is 4.74 Å². The number of benzene rings is 2. The molecule has 0 aliphatic heterocycles. The molecule has 106 valence electrons. The standard InChI is InChI=1S/C16H18O3S/c17-15(11-19-16-9-5-2-6-10-16)13-20(18)12-14-7-3-1-4-8-14/h1-10,15,17H,11-13H2/t15-,20-/m0/s1. The van der Waals surface area contributed by atoms with Gasteiger partial charge in [0.15, 0.2) is 0 Å². The fourth-order valence-electron chi connectivity index (χ4n) is 1.79. The highest BCUT2D eigenvalue weighted by Gasteiger charge is 2.11. The van der Waals surface area contributed by atoms with E-state index in [1.165, 1.54) is 0 Å². The maximum atomic E-state index is 11.9. The van der Waals surface area contributed by atoms with Crippen molar-refractivity contribution in [1.82, 2.24) is 0 Å². The highest BCUT2D eigenvalue weighted by Crippen LogP contribution is 2.09. The molecule has 0 saturated heterocycles. The van der Waals surface area contributed by atoms with Crippen LogP contribution in [-0.4, -0.2) is 27.8 Å². The van der Waals surface area contributed by atoms with Gasteiger partial charge in [-0.3, -0.25) is 4.21 Å². The third-order valence-electron chi connectivity index (χ3n) is 2.73. The van der Waals surface area contributed by atoms with Gasteiger partial charge >= 0.3 is 0 Å². The van der Waals surface area contributed by atoms with E-state index >= 15 is 0 Å². The molecule has 0 spiro atoms. The van der Waals surface area contributed by atoms with Gasteiger partial charge in [0.05, 0.1) is 11.9 Å². The molecule has 1 N–H and O–H groups in total. The van der Waals surface area contributed by atoms with E-state index in [0.29, 0.717) is 11.5 Å². The van der Waals surface area contributed by atoms with Crippen LogP contribution in [0.2, 0.25) is 0 Å². The van der Waals surface area contributed by atoms with Gasteiger partial charge < -0.3 is 9.84 Å². The van der Waals surface area contributed by atoms with Gasteiger partial charge in [-0.15, -0.1) is 0 Å². The van der Waals surface area contributed by atoms with E-state index in [1.807, 2.05) is 60.7 Å². The van der Waals surface area contributed by atoms with E-state index in [1.54, 1.807) is 0 Å². The minimum absolute atomic E-state index is 0.157. The summed E-state index contributed by atoms with van der Waals surface area (Å²) in [6.45, 7) is 0.157. The lowest BCUT2D eigenvalue weighted by atomic mass is 10.2. The fraction of sp³-hybridized carbons (Fsp3) is 0.250. The number of aliphatic hydroxyl groups excluding tert-OH is 1.